The van der Waals surface area contributed by atoms with Crippen molar-refractivity contribution in [3.63, 3.8) is 0 Å². The highest BCUT2D eigenvalue weighted by molar-refractivity contribution is 5.72. The van der Waals surface area contributed by atoms with Crippen LogP contribution in [0.5, 0.6) is 0 Å². The zero-order valence-electron chi connectivity index (χ0n) is 13.2. The molecule has 1 N–H and O–H groups in total. The third-order valence-electron chi connectivity index (χ3n) is 4.49. The van der Waals surface area contributed by atoms with E-state index in [0.717, 1.165) is 36.1 Å². The molecule has 3 heteroatoms. The monoisotopic (exact) mass is 310 g/mol. The lowest BCUT2D eigenvalue weighted by atomic mass is 9.89. The molecule has 120 valence electrons. The molecule has 2 unspecified atom stereocenters. The number of hydrogen-bond acceptors (Lipinski definition) is 2. The number of benzene rings is 2. The lowest BCUT2D eigenvalue weighted by Gasteiger charge is -2.18. The SMILES string of the molecule is O=C(O)C(Cc1ccccc1-c1ccccc1)CC1CCCO1. The first-order chi connectivity index (χ1) is 11.2. The standard InChI is InChI=1S/C20H22O3/c21-20(22)17(14-18-10-6-12-23-18)13-16-9-4-5-11-19(16)15-7-2-1-3-8-15/h1-5,7-9,11,17-18H,6,10,12-14H2,(H,21,22). The van der Waals surface area contributed by atoms with Crippen LogP contribution in [0.25, 0.3) is 11.1 Å². The number of aliphatic carboxylic acids is 1. The van der Waals surface area contributed by atoms with Crippen LogP contribution >= 0.6 is 0 Å². The van der Waals surface area contributed by atoms with Gasteiger partial charge in [-0.25, -0.2) is 0 Å². The van der Waals surface area contributed by atoms with Crippen LogP contribution in [-0.4, -0.2) is 23.8 Å². The van der Waals surface area contributed by atoms with Crippen molar-refractivity contribution in [2.24, 2.45) is 5.92 Å². The first kappa shape index (κ1) is 15.8. The number of rotatable bonds is 6. The summed E-state index contributed by atoms with van der Waals surface area (Å²) in [6.45, 7) is 0.762. The second kappa shape index (κ2) is 7.42. The summed E-state index contributed by atoms with van der Waals surface area (Å²) in [5.74, 6) is -1.13. The van der Waals surface area contributed by atoms with Gasteiger partial charge in [0, 0.05) is 6.61 Å². The summed E-state index contributed by atoms with van der Waals surface area (Å²) < 4.78 is 5.62. The Hall–Kier alpha value is -2.13. The van der Waals surface area contributed by atoms with E-state index in [0.29, 0.717) is 12.8 Å². The van der Waals surface area contributed by atoms with Gasteiger partial charge in [-0.15, -0.1) is 0 Å². The average molecular weight is 310 g/mol. The molecule has 2 aromatic carbocycles. The third kappa shape index (κ3) is 3.99. The summed E-state index contributed by atoms with van der Waals surface area (Å²) in [5, 5.41) is 9.60. The van der Waals surface area contributed by atoms with Gasteiger partial charge in [-0.2, -0.15) is 0 Å². The van der Waals surface area contributed by atoms with Gasteiger partial charge >= 0.3 is 5.97 Å². The third-order valence-corrected chi connectivity index (χ3v) is 4.49. The lowest BCUT2D eigenvalue weighted by molar-refractivity contribution is -0.142. The Morgan fingerprint density at radius 1 is 1.13 bits per heavy atom. The van der Waals surface area contributed by atoms with E-state index in [1.54, 1.807) is 0 Å². The quantitative estimate of drug-likeness (QED) is 0.871. The predicted molar refractivity (Wildman–Crippen MR) is 90.3 cm³/mol. The summed E-state index contributed by atoms with van der Waals surface area (Å²) in [6.07, 6.45) is 3.25. The normalized spacial score (nSPS) is 18.7. The van der Waals surface area contributed by atoms with E-state index in [1.165, 1.54) is 0 Å². The van der Waals surface area contributed by atoms with Gasteiger partial charge in [0.05, 0.1) is 12.0 Å². The number of carboxylic acid groups (broad SMARTS) is 1. The minimum Gasteiger partial charge on any atom is -0.481 e. The van der Waals surface area contributed by atoms with Crippen LogP contribution in [0.4, 0.5) is 0 Å². The fourth-order valence-electron chi connectivity index (χ4n) is 3.28. The first-order valence-electron chi connectivity index (χ1n) is 8.22. The van der Waals surface area contributed by atoms with E-state index in [-0.39, 0.29) is 6.10 Å². The Kier molecular flexibility index (Phi) is 5.09. The van der Waals surface area contributed by atoms with Crippen LogP contribution in [0.3, 0.4) is 0 Å². The number of ether oxygens (including phenoxy) is 1. The molecule has 0 amide bonds. The Morgan fingerprint density at radius 3 is 2.57 bits per heavy atom. The molecule has 0 aromatic heterocycles. The van der Waals surface area contributed by atoms with Crippen LogP contribution in [0.1, 0.15) is 24.8 Å². The second-order valence-corrected chi connectivity index (χ2v) is 6.13. The Labute approximate surface area is 136 Å². The molecule has 1 aliphatic heterocycles. The van der Waals surface area contributed by atoms with E-state index in [4.69, 9.17) is 4.74 Å². The van der Waals surface area contributed by atoms with Crippen molar-refractivity contribution < 1.29 is 14.6 Å². The largest absolute Gasteiger partial charge is 0.481 e. The van der Waals surface area contributed by atoms with Gasteiger partial charge in [0.1, 0.15) is 0 Å². The van der Waals surface area contributed by atoms with Crippen LogP contribution in [0, 0.1) is 5.92 Å². The number of carbonyl (C=O) groups is 1. The minimum absolute atomic E-state index is 0.0972. The second-order valence-electron chi connectivity index (χ2n) is 6.13. The summed E-state index contributed by atoms with van der Waals surface area (Å²) in [4.78, 5) is 11.7. The molecule has 2 atom stereocenters. The van der Waals surface area contributed by atoms with Gasteiger partial charge < -0.3 is 9.84 Å². The summed E-state index contributed by atoms with van der Waals surface area (Å²) in [6, 6.07) is 18.2. The van der Waals surface area contributed by atoms with Crippen LogP contribution in [0.2, 0.25) is 0 Å². The van der Waals surface area contributed by atoms with E-state index in [2.05, 4.69) is 18.2 Å². The molecule has 23 heavy (non-hydrogen) atoms. The zero-order valence-corrected chi connectivity index (χ0v) is 13.2. The van der Waals surface area contributed by atoms with Gasteiger partial charge in [-0.3, -0.25) is 4.79 Å². The maximum Gasteiger partial charge on any atom is 0.306 e. The average Bonchev–Trinajstić information content (AvgIpc) is 3.08. The van der Waals surface area contributed by atoms with E-state index in [1.807, 2.05) is 36.4 Å². The van der Waals surface area contributed by atoms with E-state index < -0.39 is 11.9 Å². The van der Waals surface area contributed by atoms with Gasteiger partial charge in [-0.1, -0.05) is 54.6 Å². The van der Waals surface area contributed by atoms with Gasteiger partial charge in [0.25, 0.3) is 0 Å². The molecule has 3 nitrogen and oxygen atoms in total. The number of hydrogen-bond donors (Lipinski definition) is 1. The number of carboxylic acids is 1. The molecule has 0 radical (unpaired) electrons. The van der Waals surface area contributed by atoms with Crippen molar-refractivity contribution in [2.75, 3.05) is 6.61 Å². The zero-order chi connectivity index (χ0) is 16.1. The molecule has 0 saturated carbocycles. The topological polar surface area (TPSA) is 46.5 Å². The van der Waals surface area contributed by atoms with Crippen molar-refractivity contribution in [1.82, 2.24) is 0 Å². The van der Waals surface area contributed by atoms with Gasteiger partial charge in [0.15, 0.2) is 0 Å². The van der Waals surface area contributed by atoms with Gasteiger partial charge in [-0.05, 0) is 42.4 Å². The summed E-state index contributed by atoms with van der Waals surface area (Å²) >= 11 is 0. The molecule has 0 spiro atoms. The summed E-state index contributed by atoms with van der Waals surface area (Å²) in [7, 11) is 0. The fraction of sp³-hybridized carbons (Fsp3) is 0.350. The maximum absolute atomic E-state index is 11.7. The van der Waals surface area contributed by atoms with E-state index in [9.17, 15) is 9.90 Å². The highest BCUT2D eigenvalue weighted by Crippen LogP contribution is 2.28. The molecule has 0 bridgehead atoms. The van der Waals surface area contributed by atoms with Crippen LogP contribution in [0.15, 0.2) is 54.6 Å². The molecule has 1 fully saturated rings. The van der Waals surface area contributed by atoms with E-state index >= 15 is 0 Å². The molecule has 0 aliphatic carbocycles. The Bertz CT molecular complexity index is 645. The molecule has 1 saturated heterocycles. The molecule has 3 rings (SSSR count). The van der Waals surface area contributed by atoms with Crippen LogP contribution in [-0.2, 0) is 16.0 Å². The smallest absolute Gasteiger partial charge is 0.306 e. The Balaban J connectivity index is 1.81. The van der Waals surface area contributed by atoms with Crippen molar-refractivity contribution in [1.29, 1.82) is 0 Å². The fourth-order valence-corrected chi connectivity index (χ4v) is 3.28. The van der Waals surface area contributed by atoms with Crippen LogP contribution < -0.4 is 0 Å². The van der Waals surface area contributed by atoms with Gasteiger partial charge in [0.2, 0.25) is 0 Å². The van der Waals surface area contributed by atoms with Crippen molar-refractivity contribution in [2.45, 2.75) is 31.8 Å². The predicted octanol–water partition coefficient (Wildman–Crippen LogP) is 4.17. The lowest BCUT2D eigenvalue weighted by Crippen LogP contribution is -2.22. The minimum atomic E-state index is -0.733. The first-order valence-corrected chi connectivity index (χ1v) is 8.22. The van der Waals surface area contributed by atoms with Crippen molar-refractivity contribution in [3.8, 4) is 11.1 Å². The molecular weight excluding hydrogens is 288 g/mol. The molecule has 1 heterocycles. The highest BCUT2D eigenvalue weighted by atomic mass is 16.5. The van der Waals surface area contributed by atoms with Crippen molar-refractivity contribution >= 4 is 5.97 Å². The molecular formula is C20H22O3. The summed E-state index contributed by atoms with van der Waals surface area (Å²) in [5.41, 5.74) is 3.33. The highest BCUT2D eigenvalue weighted by Gasteiger charge is 2.26. The van der Waals surface area contributed by atoms with Crippen molar-refractivity contribution in [3.05, 3.63) is 60.2 Å². The molecule has 1 aliphatic rings. The Morgan fingerprint density at radius 2 is 1.87 bits per heavy atom. The maximum atomic E-state index is 11.7. The molecule has 2 aromatic rings.